The highest BCUT2D eigenvalue weighted by molar-refractivity contribution is 5.81. The van der Waals surface area contributed by atoms with Gasteiger partial charge in [0.2, 0.25) is 5.67 Å². The number of halogens is 2. The molecule has 0 heterocycles. The van der Waals surface area contributed by atoms with Crippen LogP contribution in [-0.2, 0) is 16.9 Å². The van der Waals surface area contributed by atoms with Crippen molar-refractivity contribution in [2.45, 2.75) is 18.5 Å². The number of aliphatic carboxylic acids is 1. The van der Waals surface area contributed by atoms with Crippen LogP contribution >= 0.6 is 0 Å². The zero-order valence-electron chi connectivity index (χ0n) is 7.26. The van der Waals surface area contributed by atoms with Crippen LogP contribution < -0.4 is 0 Å². The largest absolute Gasteiger partial charge is 0.479 e. The van der Waals surface area contributed by atoms with Crippen molar-refractivity contribution in [2.24, 2.45) is 0 Å². The number of hydrogen-bond acceptors (Lipinski definition) is 1. The molecule has 2 nitrogen and oxygen atoms in total. The highest BCUT2D eigenvalue weighted by Crippen LogP contribution is 2.40. The minimum atomic E-state index is -2.33. The summed E-state index contributed by atoms with van der Waals surface area (Å²) in [4.78, 5) is 10.7. The molecule has 1 aliphatic carbocycles. The third-order valence-electron chi connectivity index (χ3n) is 2.57. The van der Waals surface area contributed by atoms with Crippen LogP contribution in [0.4, 0.5) is 8.78 Å². The zero-order chi connectivity index (χ0) is 10.3. The van der Waals surface area contributed by atoms with Gasteiger partial charge in [-0.1, -0.05) is 6.07 Å². The molecule has 0 spiro atoms. The summed E-state index contributed by atoms with van der Waals surface area (Å²) in [5.74, 6) is -1.96. The first-order valence-electron chi connectivity index (χ1n) is 4.25. The first kappa shape index (κ1) is 9.12. The molecule has 0 radical (unpaired) electrons. The molecule has 74 valence electrons. The third-order valence-corrected chi connectivity index (χ3v) is 2.57. The predicted octanol–water partition coefficient (Wildman–Crippen LogP) is 2.02. The molecule has 14 heavy (non-hydrogen) atoms. The van der Waals surface area contributed by atoms with Crippen LogP contribution in [0.15, 0.2) is 18.2 Å². The molecular formula is C10H8F2O2. The number of rotatable bonds is 1. The van der Waals surface area contributed by atoms with Gasteiger partial charge in [-0.05, 0) is 24.1 Å². The van der Waals surface area contributed by atoms with Crippen molar-refractivity contribution >= 4 is 5.97 Å². The molecule has 0 bridgehead atoms. The van der Waals surface area contributed by atoms with Gasteiger partial charge in [-0.3, -0.25) is 0 Å². The molecule has 0 saturated heterocycles. The van der Waals surface area contributed by atoms with Crippen LogP contribution in [0.3, 0.4) is 0 Å². The van der Waals surface area contributed by atoms with E-state index in [1.165, 1.54) is 12.1 Å². The molecule has 1 aromatic carbocycles. The summed E-state index contributed by atoms with van der Waals surface area (Å²) in [7, 11) is 0. The summed E-state index contributed by atoms with van der Waals surface area (Å²) in [6.07, 6.45) is 0.164. The second kappa shape index (κ2) is 2.77. The lowest BCUT2D eigenvalue weighted by molar-refractivity contribution is -0.151. The topological polar surface area (TPSA) is 37.3 Å². The monoisotopic (exact) mass is 198 g/mol. The number of carboxylic acids is 1. The SMILES string of the molecule is O=C(O)C1(F)CCc2cc(F)ccc21. The fourth-order valence-electron chi connectivity index (χ4n) is 1.82. The molecular weight excluding hydrogens is 190 g/mol. The first-order valence-corrected chi connectivity index (χ1v) is 4.25. The van der Waals surface area contributed by atoms with Crippen molar-refractivity contribution in [1.29, 1.82) is 0 Å². The maximum Gasteiger partial charge on any atom is 0.346 e. The van der Waals surface area contributed by atoms with Crippen LogP contribution in [0.2, 0.25) is 0 Å². The molecule has 1 N–H and O–H groups in total. The molecule has 0 aliphatic heterocycles. The molecule has 0 fully saturated rings. The highest BCUT2D eigenvalue weighted by atomic mass is 19.1. The number of carboxylic acid groups (broad SMARTS) is 1. The fourth-order valence-corrected chi connectivity index (χ4v) is 1.82. The van der Waals surface area contributed by atoms with Crippen LogP contribution in [0.5, 0.6) is 0 Å². The second-order valence-corrected chi connectivity index (χ2v) is 3.41. The number of aryl methyl sites for hydroxylation is 1. The van der Waals surface area contributed by atoms with Crippen molar-refractivity contribution < 1.29 is 18.7 Å². The standard InChI is InChI=1S/C10H8F2O2/c11-7-1-2-8-6(5-7)3-4-10(8,12)9(13)14/h1-2,5H,3-4H2,(H,13,14). The van der Waals surface area contributed by atoms with E-state index in [2.05, 4.69) is 0 Å². The van der Waals surface area contributed by atoms with Gasteiger partial charge < -0.3 is 5.11 Å². The lowest BCUT2D eigenvalue weighted by Gasteiger charge is -2.14. The Labute approximate surface area is 79.2 Å². The Morgan fingerprint density at radius 3 is 2.86 bits per heavy atom. The minimum Gasteiger partial charge on any atom is -0.479 e. The normalized spacial score (nSPS) is 24.7. The van der Waals surface area contributed by atoms with E-state index in [4.69, 9.17) is 5.11 Å². The van der Waals surface area contributed by atoms with Crippen LogP contribution in [-0.4, -0.2) is 11.1 Å². The summed E-state index contributed by atoms with van der Waals surface area (Å²) in [5, 5.41) is 8.72. The fraction of sp³-hybridized carbons (Fsp3) is 0.300. The smallest absolute Gasteiger partial charge is 0.346 e. The van der Waals surface area contributed by atoms with Crippen molar-refractivity contribution in [3.05, 3.63) is 35.1 Å². The Bertz CT molecular complexity index is 403. The van der Waals surface area contributed by atoms with Gasteiger partial charge in [0.25, 0.3) is 0 Å². The van der Waals surface area contributed by atoms with E-state index in [0.29, 0.717) is 5.56 Å². The number of alkyl halides is 1. The van der Waals surface area contributed by atoms with Gasteiger partial charge in [-0.2, -0.15) is 0 Å². The Kier molecular flexibility index (Phi) is 1.80. The molecule has 0 saturated carbocycles. The lowest BCUT2D eigenvalue weighted by Crippen LogP contribution is -2.27. The Balaban J connectivity index is 2.55. The Hall–Kier alpha value is -1.45. The number of hydrogen-bond donors (Lipinski definition) is 1. The average Bonchev–Trinajstić information content (AvgIpc) is 2.45. The van der Waals surface area contributed by atoms with Gasteiger partial charge in [0.1, 0.15) is 5.82 Å². The third kappa shape index (κ3) is 1.10. The maximum absolute atomic E-state index is 13.8. The molecule has 1 unspecified atom stereocenters. The lowest BCUT2D eigenvalue weighted by atomic mass is 9.98. The second-order valence-electron chi connectivity index (χ2n) is 3.41. The summed E-state index contributed by atoms with van der Waals surface area (Å²) < 4.78 is 26.6. The van der Waals surface area contributed by atoms with Gasteiger partial charge in [0.15, 0.2) is 0 Å². The molecule has 1 aliphatic rings. The maximum atomic E-state index is 13.8. The summed E-state index contributed by atoms with van der Waals surface area (Å²) >= 11 is 0. The van der Waals surface area contributed by atoms with E-state index in [0.717, 1.165) is 6.07 Å². The van der Waals surface area contributed by atoms with Gasteiger partial charge >= 0.3 is 5.97 Å². The van der Waals surface area contributed by atoms with Gasteiger partial charge in [0, 0.05) is 12.0 Å². The van der Waals surface area contributed by atoms with Crippen molar-refractivity contribution in [3.63, 3.8) is 0 Å². The average molecular weight is 198 g/mol. The highest BCUT2D eigenvalue weighted by Gasteiger charge is 2.46. The van der Waals surface area contributed by atoms with E-state index in [9.17, 15) is 13.6 Å². The summed E-state index contributed by atoms with van der Waals surface area (Å²) in [6, 6.07) is 3.49. The van der Waals surface area contributed by atoms with E-state index in [1.54, 1.807) is 0 Å². The van der Waals surface area contributed by atoms with Crippen molar-refractivity contribution in [3.8, 4) is 0 Å². The van der Waals surface area contributed by atoms with Gasteiger partial charge in [0.05, 0.1) is 0 Å². The Morgan fingerprint density at radius 1 is 1.50 bits per heavy atom. The molecule has 0 aromatic heterocycles. The quantitative estimate of drug-likeness (QED) is 0.749. The zero-order valence-corrected chi connectivity index (χ0v) is 7.26. The van der Waals surface area contributed by atoms with Crippen molar-refractivity contribution in [1.82, 2.24) is 0 Å². The van der Waals surface area contributed by atoms with E-state index in [1.807, 2.05) is 0 Å². The Morgan fingerprint density at radius 2 is 2.21 bits per heavy atom. The number of benzene rings is 1. The first-order chi connectivity index (χ1) is 6.54. The van der Waals surface area contributed by atoms with E-state index < -0.39 is 17.5 Å². The molecule has 1 atom stereocenters. The van der Waals surface area contributed by atoms with Gasteiger partial charge in [-0.25, -0.2) is 13.6 Å². The van der Waals surface area contributed by atoms with E-state index in [-0.39, 0.29) is 18.4 Å². The molecule has 1 aromatic rings. The number of carbonyl (C=O) groups is 1. The molecule has 0 amide bonds. The van der Waals surface area contributed by atoms with Crippen LogP contribution in [0, 0.1) is 5.82 Å². The number of fused-ring (bicyclic) bond motifs is 1. The van der Waals surface area contributed by atoms with E-state index >= 15 is 0 Å². The van der Waals surface area contributed by atoms with Crippen molar-refractivity contribution in [2.75, 3.05) is 0 Å². The van der Waals surface area contributed by atoms with Gasteiger partial charge in [-0.15, -0.1) is 0 Å². The minimum absolute atomic E-state index is 0.0893. The van der Waals surface area contributed by atoms with Crippen LogP contribution in [0.25, 0.3) is 0 Å². The van der Waals surface area contributed by atoms with Crippen LogP contribution in [0.1, 0.15) is 17.5 Å². The summed E-state index contributed by atoms with van der Waals surface area (Å²) in [5.41, 5.74) is -1.79. The molecule has 4 heteroatoms. The molecule has 2 rings (SSSR count). The summed E-state index contributed by atoms with van der Waals surface area (Å²) in [6.45, 7) is 0. The predicted molar refractivity (Wildman–Crippen MR) is 45.1 cm³/mol.